The number of alkyl halides is 3. The number of hydrogen-bond donors (Lipinski definition) is 0. The van der Waals surface area contributed by atoms with Crippen molar-refractivity contribution in [3.05, 3.63) is 35.9 Å². The summed E-state index contributed by atoms with van der Waals surface area (Å²) in [6.45, 7) is 2.04. The molecular formula is C27H41F3O5. The van der Waals surface area contributed by atoms with Crippen molar-refractivity contribution < 1.29 is 37.0 Å². The van der Waals surface area contributed by atoms with Crippen molar-refractivity contribution in [3.63, 3.8) is 0 Å². The summed E-state index contributed by atoms with van der Waals surface area (Å²) in [4.78, 5) is 24.1. The molecule has 1 rings (SSSR count). The molecule has 0 fully saturated rings. The first-order valence-corrected chi connectivity index (χ1v) is 12.7. The average molecular weight is 503 g/mol. The molecule has 2 atom stereocenters. The number of hydrogen-bond acceptors (Lipinski definition) is 5. The highest BCUT2D eigenvalue weighted by Crippen LogP contribution is 2.43. The quantitative estimate of drug-likeness (QED) is 0.156. The Morgan fingerprint density at radius 1 is 0.829 bits per heavy atom. The van der Waals surface area contributed by atoms with Gasteiger partial charge >= 0.3 is 18.1 Å². The van der Waals surface area contributed by atoms with E-state index in [9.17, 15) is 22.8 Å². The molecule has 200 valence electrons. The van der Waals surface area contributed by atoms with Crippen molar-refractivity contribution in [2.24, 2.45) is 0 Å². The zero-order valence-electron chi connectivity index (χ0n) is 21.3. The van der Waals surface area contributed by atoms with E-state index >= 15 is 0 Å². The largest absolute Gasteiger partial charge is 0.469 e. The molecule has 5 nitrogen and oxygen atoms in total. The fraction of sp³-hybridized carbons (Fsp3) is 0.704. The third kappa shape index (κ3) is 10.2. The molecule has 0 radical (unpaired) electrons. The molecule has 0 heterocycles. The maximum Gasteiger partial charge on any atom is 0.432 e. The van der Waals surface area contributed by atoms with Crippen LogP contribution in [0.3, 0.4) is 0 Å². The molecule has 0 aliphatic carbocycles. The summed E-state index contributed by atoms with van der Waals surface area (Å²) in [6, 6.07) is 6.93. The summed E-state index contributed by atoms with van der Waals surface area (Å²) in [5.74, 6) is -1.60. The molecule has 0 saturated heterocycles. The first-order chi connectivity index (χ1) is 16.7. The van der Waals surface area contributed by atoms with Crippen LogP contribution in [-0.4, -0.2) is 38.4 Å². The maximum absolute atomic E-state index is 14.2. The van der Waals surface area contributed by atoms with Crippen LogP contribution in [0.15, 0.2) is 30.3 Å². The van der Waals surface area contributed by atoms with E-state index < -0.39 is 23.9 Å². The van der Waals surface area contributed by atoms with E-state index in [-0.39, 0.29) is 11.5 Å². The molecule has 1 aromatic carbocycles. The van der Waals surface area contributed by atoms with Gasteiger partial charge in [-0.2, -0.15) is 13.2 Å². The fourth-order valence-electron chi connectivity index (χ4n) is 4.13. The van der Waals surface area contributed by atoms with Crippen LogP contribution in [0.25, 0.3) is 0 Å². The standard InChI is InChI=1S/C27H41F3O5/c1-4-5-12-19-23(20-15-9-7-6-8-10-16-21-24(31)33-2)35-25(32)26(34-3,27(28,29)30)22-17-13-11-14-18-22/h11,13-14,17-18,23H,4-10,12,15-16,19-21H2,1-3H3/t23-,26-/m0/s1. The molecule has 0 aliphatic heterocycles. The van der Waals surface area contributed by atoms with E-state index in [1.807, 2.05) is 6.92 Å². The van der Waals surface area contributed by atoms with Gasteiger partial charge in [0.1, 0.15) is 6.10 Å². The number of unbranched alkanes of at least 4 members (excludes halogenated alkanes) is 8. The van der Waals surface area contributed by atoms with Crippen molar-refractivity contribution in [1.29, 1.82) is 0 Å². The number of ether oxygens (including phenoxy) is 3. The van der Waals surface area contributed by atoms with E-state index in [0.29, 0.717) is 19.3 Å². The van der Waals surface area contributed by atoms with Crippen molar-refractivity contribution in [2.45, 2.75) is 108 Å². The van der Waals surface area contributed by atoms with Crippen LogP contribution in [-0.2, 0) is 29.4 Å². The van der Waals surface area contributed by atoms with Gasteiger partial charge in [-0.25, -0.2) is 4.79 Å². The summed E-state index contributed by atoms with van der Waals surface area (Å²) >= 11 is 0. The van der Waals surface area contributed by atoms with Gasteiger partial charge < -0.3 is 14.2 Å². The van der Waals surface area contributed by atoms with Crippen molar-refractivity contribution >= 4 is 11.9 Å². The molecule has 0 amide bonds. The molecule has 0 spiro atoms. The Bertz CT molecular complexity index is 723. The second kappa shape index (κ2) is 16.6. The number of benzene rings is 1. The normalized spacial score (nSPS) is 14.2. The van der Waals surface area contributed by atoms with E-state index in [0.717, 1.165) is 71.3 Å². The van der Waals surface area contributed by atoms with E-state index in [2.05, 4.69) is 4.74 Å². The van der Waals surface area contributed by atoms with Gasteiger partial charge in [0, 0.05) is 19.1 Å². The smallest absolute Gasteiger partial charge is 0.432 e. The lowest BCUT2D eigenvalue weighted by Crippen LogP contribution is -2.52. The van der Waals surface area contributed by atoms with Gasteiger partial charge in [0.25, 0.3) is 5.60 Å². The SMILES string of the molecule is CCCCC[C@@H](CCCCCCCCCC(=O)OC)OC(=O)[C@@](OC)(c1ccccc1)C(F)(F)F. The van der Waals surface area contributed by atoms with Gasteiger partial charge in [-0.15, -0.1) is 0 Å². The molecule has 8 heteroatoms. The molecule has 0 aliphatic rings. The highest BCUT2D eigenvalue weighted by Gasteiger charge is 2.64. The summed E-state index contributed by atoms with van der Waals surface area (Å²) < 4.78 is 57.5. The summed E-state index contributed by atoms with van der Waals surface area (Å²) in [5, 5.41) is 0. The lowest BCUT2D eigenvalue weighted by atomic mass is 9.92. The van der Waals surface area contributed by atoms with Gasteiger partial charge in [-0.1, -0.05) is 82.2 Å². The van der Waals surface area contributed by atoms with Gasteiger partial charge in [0.05, 0.1) is 7.11 Å². The Morgan fingerprint density at radius 2 is 1.37 bits per heavy atom. The van der Waals surface area contributed by atoms with E-state index in [1.165, 1.54) is 31.4 Å². The van der Waals surface area contributed by atoms with Crippen molar-refractivity contribution in [2.75, 3.05) is 14.2 Å². The predicted octanol–water partition coefficient (Wildman–Crippen LogP) is 7.27. The summed E-state index contributed by atoms with van der Waals surface area (Å²) in [5.41, 5.74) is -3.44. The van der Waals surface area contributed by atoms with Gasteiger partial charge in [-0.05, 0) is 32.1 Å². The minimum atomic E-state index is -4.97. The van der Waals surface area contributed by atoms with Crippen LogP contribution in [0.1, 0.15) is 96.0 Å². The fourth-order valence-corrected chi connectivity index (χ4v) is 4.13. The van der Waals surface area contributed by atoms with Crippen LogP contribution in [0.4, 0.5) is 13.2 Å². The topological polar surface area (TPSA) is 61.8 Å². The van der Waals surface area contributed by atoms with Crippen LogP contribution in [0, 0.1) is 0 Å². The van der Waals surface area contributed by atoms with Crippen LogP contribution < -0.4 is 0 Å². The molecule has 1 aromatic rings. The molecule has 0 unspecified atom stereocenters. The van der Waals surface area contributed by atoms with Gasteiger partial charge in [-0.3, -0.25) is 4.79 Å². The molecular weight excluding hydrogens is 461 g/mol. The van der Waals surface area contributed by atoms with E-state index in [4.69, 9.17) is 9.47 Å². The first-order valence-electron chi connectivity index (χ1n) is 12.7. The second-order valence-corrected chi connectivity index (χ2v) is 8.86. The monoisotopic (exact) mass is 502 g/mol. The number of rotatable bonds is 18. The van der Waals surface area contributed by atoms with Crippen molar-refractivity contribution in [3.8, 4) is 0 Å². The Morgan fingerprint density at radius 3 is 1.89 bits per heavy atom. The maximum atomic E-state index is 14.2. The minimum Gasteiger partial charge on any atom is -0.469 e. The predicted molar refractivity (Wildman–Crippen MR) is 129 cm³/mol. The Balaban J connectivity index is 2.67. The zero-order valence-corrected chi connectivity index (χ0v) is 21.3. The van der Waals surface area contributed by atoms with Crippen molar-refractivity contribution in [1.82, 2.24) is 0 Å². The number of esters is 2. The Hall–Kier alpha value is -2.09. The lowest BCUT2D eigenvalue weighted by Gasteiger charge is -2.34. The highest BCUT2D eigenvalue weighted by atomic mass is 19.4. The number of carbonyl (C=O) groups is 2. The molecule has 0 saturated carbocycles. The molecule has 35 heavy (non-hydrogen) atoms. The third-order valence-electron chi connectivity index (χ3n) is 6.21. The molecule has 0 bridgehead atoms. The molecule has 0 aromatic heterocycles. The van der Waals surface area contributed by atoms with Gasteiger partial charge in [0.15, 0.2) is 0 Å². The van der Waals surface area contributed by atoms with Crippen LogP contribution in [0.2, 0.25) is 0 Å². The van der Waals surface area contributed by atoms with Gasteiger partial charge in [0.2, 0.25) is 0 Å². The Labute approximate surface area is 207 Å². The van der Waals surface area contributed by atoms with Crippen LogP contribution in [0.5, 0.6) is 0 Å². The number of carbonyl (C=O) groups excluding carboxylic acids is 2. The van der Waals surface area contributed by atoms with Crippen LogP contribution >= 0.6 is 0 Å². The Kier molecular flexibility index (Phi) is 14.6. The minimum absolute atomic E-state index is 0.191. The summed E-state index contributed by atoms with van der Waals surface area (Å²) in [7, 11) is 2.27. The first kappa shape index (κ1) is 30.9. The zero-order chi connectivity index (χ0) is 26.2. The number of halogens is 3. The van der Waals surface area contributed by atoms with E-state index in [1.54, 1.807) is 6.07 Å². The molecule has 0 N–H and O–H groups in total. The third-order valence-corrected chi connectivity index (χ3v) is 6.21. The second-order valence-electron chi connectivity index (χ2n) is 8.86. The average Bonchev–Trinajstić information content (AvgIpc) is 2.83. The lowest BCUT2D eigenvalue weighted by molar-refractivity contribution is -0.278. The highest BCUT2D eigenvalue weighted by molar-refractivity contribution is 5.82. The number of methoxy groups -OCH3 is 2. The summed E-state index contributed by atoms with van der Waals surface area (Å²) in [6.07, 6.45) is 5.07.